The molecule has 3 nitrogen and oxygen atoms in total. The van der Waals surface area contributed by atoms with Crippen LogP contribution in [0.25, 0.3) is 0 Å². The second kappa shape index (κ2) is 4.56. The van der Waals surface area contributed by atoms with Gasteiger partial charge < -0.3 is 5.73 Å². The van der Waals surface area contributed by atoms with Crippen LogP contribution in [0.3, 0.4) is 0 Å². The van der Waals surface area contributed by atoms with Crippen LogP contribution in [0.1, 0.15) is 44.2 Å². The van der Waals surface area contributed by atoms with Crippen molar-refractivity contribution in [3.8, 4) is 0 Å². The van der Waals surface area contributed by atoms with Gasteiger partial charge in [-0.25, -0.2) is 10.0 Å². The number of anilines is 1. The summed E-state index contributed by atoms with van der Waals surface area (Å²) in [4.78, 5) is 0. The molecule has 0 radical (unpaired) electrons. The highest BCUT2D eigenvalue weighted by molar-refractivity contribution is 5.52. The molecule has 1 aromatic rings. The van der Waals surface area contributed by atoms with Crippen LogP contribution in [0, 0.1) is 0 Å². The quantitative estimate of drug-likeness (QED) is 0.772. The molecule has 0 spiro atoms. The molecule has 1 fully saturated rings. The number of hydrogen-bond acceptors (Lipinski definition) is 3. The van der Waals surface area contributed by atoms with Crippen LogP contribution >= 0.6 is 0 Å². The van der Waals surface area contributed by atoms with Crippen molar-refractivity contribution in [3.63, 3.8) is 0 Å². The molecule has 2 heterocycles. The third kappa shape index (κ3) is 1.91. The minimum absolute atomic E-state index is 0.657. The Morgan fingerprint density at radius 2 is 1.83 bits per heavy atom. The first-order chi connectivity index (χ1) is 8.66. The van der Waals surface area contributed by atoms with Crippen molar-refractivity contribution >= 4 is 5.69 Å². The summed E-state index contributed by atoms with van der Waals surface area (Å²) in [6.45, 7) is 6.70. The predicted octanol–water partition coefficient (Wildman–Crippen LogP) is 2.76. The molecule has 0 bridgehead atoms. The Bertz CT molecular complexity index is 433. The summed E-state index contributed by atoms with van der Waals surface area (Å²) in [7, 11) is 0. The first kappa shape index (κ1) is 12.0. The molecule has 0 saturated carbocycles. The van der Waals surface area contributed by atoms with Crippen LogP contribution < -0.4 is 5.73 Å². The van der Waals surface area contributed by atoms with E-state index in [4.69, 9.17) is 5.73 Å². The number of nitrogens with two attached hydrogens (primary N) is 1. The molecule has 0 aromatic heterocycles. The first-order valence-corrected chi connectivity index (χ1v) is 7.06. The fourth-order valence-electron chi connectivity index (χ4n) is 3.56. The van der Waals surface area contributed by atoms with Crippen LogP contribution in [0.2, 0.25) is 0 Å². The van der Waals surface area contributed by atoms with E-state index in [1.807, 2.05) is 6.07 Å². The van der Waals surface area contributed by atoms with E-state index in [9.17, 15) is 0 Å². The SMILES string of the molecule is CC1CCCC(C)N1N1Cc2cccc(N)c2C1. The van der Waals surface area contributed by atoms with Gasteiger partial charge in [-0.2, -0.15) is 0 Å². The molecule has 18 heavy (non-hydrogen) atoms. The van der Waals surface area contributed by atoms with Crippen molar-refractivity contribution < 1.29 is 0 Å². The second-order valence-corrected chi connectivity index (χ2v) is 5.82. The normalized spacial score (nSPS) is 29.4. The van der Waals surface area contributed by atoms with E-state index < -0.39 is 0 Å². The number of nitrogen functional groups attached to an aromatic ring is 1. The van der Waals surface area contributed by atoms with Crippen LogP contribution in [0.4, 0.5) is 5.69 Å². The molecular weight excluding hydrogens is 222 g/mol. The molecule has 1 aromatic carbocycles. The van der Waals surface area contributed by atoms with E-state index in [1.54, 1.807) is 0 Å². The molecule has 1 saturated heterocycles. The van der Waals surface area contributed by atoms with Gasteiger partial charge in [0.05, 0.1) is 0 Å². The monoisotopic (exact) mass is 245 g/mol. The summed E-state index contributed by atoms with van der Waals surface area (Å²) >= 11 is 0. The average Bonchev–Trinajstić information content (AvgIpc) is 2.74. The van der Waals surface area contributed by atoms with Crippen molar-refractivity contribution in [2.45, 2.75) is 58.3 Å². The van der Waals surface area contributed by atoms with Crippen molar-refractivity contribution in [2.75, 3.05) is 5.73 Å². The van der Waals surface area contributed by atoms with Gasteiger partial charge in [-0.05, 0) is 43.9 Å². The topological polar surface area (TPSA) is 32.5 Å². The van der Waals surface area contributed by atoms with Gasteiger partial charge in [-0.15, -0.1) is 0 Å². The predicted molar refractivity (Wildman–Crippen MR) is 74.7 cm³/mol. The maximum atomic E-state index is 6.09. The molecule has 3 heteroatoms. The van der Waals surface area contributed by atoms with E-state index in [0.717, 1.165) is 18.8 Å². The largest absolute Gasteiger partial charge is 0.398 e. The van der Waals surface area contributed by atoms with Crippen LogP contribution in [0.5, 0.6) is 0 Å². The number of fused-ring (bicyclic) bond motifs is 1. The van der Waals surface area contributed by atoms with Crippen molar-refractivity contribution in [3.05, 3.63) is 29.3 Å². The van der Waals surface area contributed by atoms with Gasteiger partial charge in [0.15, 0.2) is 0 Å². The highest BCUT2D eigenvalue weighted by atomic mass is 15.6. The Kier molecular flexibility index (Phi) is 3.04. The number of rotatable bonds is 1. The molecule has 0 aliphatic carbocycles. The lowest BCUT2D eigenvalue weighted by molar-refractivity contribution is -0.109. The molecule has 2 atom stereocenters. The highest BCUT2D eigenvalue weighted by Gasteiger charge is 2.33. The molecular formula is C15H23N3. The fourth-order valence-corrected chi connectivity index (χ4v) is 3.56. The second-order valence-electron chi connectivity index (χ2n) is 5.82. The maximum Gasteiger partial charge on any atom is 0.0411 e. The Morgan fingerprint density at radius 1 is 1.11 bits per heavy atom. The number of piperidine rings is 1. The fraction of sp³-hybridized carbons (Fsp3) is 0.600. The summed E-state index contributed by atoms with van der Waals surface area (Å²) < 4.78 is 0. The van der Waals surface area contributed by atoms with E-state index in [2.05, 4.69) is 36.0 Å². The lowest BCUT2D eigenvalue weighted by Gasteiger charge is -2.44. The van der Waals surface area contributed by atoms with E-state index in [0.29, 0.717) is 12.1 Å². The average molecular weight is 245 g/mol. The number of hydrogen-bond donors (Lipinski definition) is 1. The highest BCUT2D eigenvalue weighted by Crippen LogP contribution is 2.33. The van der Waals surface area contributed by atoms with E-state index in [1.165, 1.54) is 30.4 Å². The maximum absolute atomic E-state index is 6.09. The van der Waals surface area contributed by atoms with Gasteiger partial charge in [-0.1, -0.05) is 18.6 Å². The van der Waals surface area contributed by atoms with Crippen molar-refractivity contribution in [1.29, 1.82) is 0 Å². The third-order valence-electron chi connectivity index (χ3n) is 4.48. The summed E-state index contributed by atoms with van der Waals surface area (Å²) in [5.41, 5.74) is 9.78. The number of nitrogens with zero attached hydrogens (tertiary/aromatic N) is 2. The molecule has 0 amide bonds. The smallest absolute Gasteiger partial charge is 0.0411 e. The van der Waals surface area contributed by atoms with Crippen LogP contribution in [-0.2, 0) is 13.1 Å². The summed E-state index contributed by atoms with van der Waals surface area (Å²) in [5, 5.41) is 5.08. The van der Waals surface area contributed by atoms with Gasteiger partial charge in [0.1, 0.15) is 0 Å². The Labute approximate surface area is 110 Å². The molecule has 98 valence electrons. The number of hydrazine groups is 1. The van der Waals surface area contributed by atoms with Crippen molar-refractivity contribution in [1.82, 2.24) is 10.0 Å². The van der Waals surface area contributed by atoms with E-state index >= 15 is 0 Å². The molecule has 2 aliphatic rings. The van der Waals surface area contributed by atoms with Crippen LogP contribution in [-0.4, -0.2) is 22.1 Å². The molecule has 2 aliphatic heterocycles. The Balaban J connectivity index is 1.82. The van der Waals surface area contributed by atoms with Gasteiger partial charge >= 0.3 is 0 Å². The lowest BCUT2D eigenvalue weighted by Crippen LogP contribution is -2.52. The molecule has 3 rings (SSSR count). The molecule has 2 unspecified atom stereocenters. The molecule has 2 N–H and O–H groups in total. The zero-order valence-corrected chi connectivity index (χ0v) is 11.4. The standard InChI is InChI=1S/C15H23N3/c1-11-5-3-6-12(2)18(11)17-9-13-7-4-8-15(16)14(13)10-17/h4,7-8,11-12H,3,5-6,9-10,16H2,1-2H3. The summed E-state index contributed by atoms with van der Waals surface area (Å²) in [6.07, 6.45) is 3.99. The van der Waals surface area contributed by atoms with Crippen molar-refractivity contribution in [2.24, 2.45) is 0 Å². The van der Waals surface area contributed by atoms with Gasteiger partial charge in [0, 0.05) is 30.9 Å². The zero-order chi connectivity index (χ0) is 12.7. The van der Waals surface area contributed by atoms with E-state index in [-0.39, 0.29) is 0 Å². The Morgan fingerprint density at radius 3 is 2.50 bits per heavy atom. The summed E-state index contributed by atoms with van der Waals surface area (Å²) in [5.74, 6) is 0. The minimum Gasteiger partial charge on any atom is -0.398 e. The number of benzene rings is 1. The van der Waals surface area contributed by atoms with Gasteiger partial charge in [-0.3, -0.25) is 0 Å². The third-order valence-corrected chi connectivity index (χ3v) is 4.48. The van der Waals surface area contributed by atoms with Crippen LogP contribution in [0.15, 0.2) is 18.2 Å². The summed E-state index contributed by atoms with van der Waals surface area (Å²) in [6, 6.07) is 7.62. The Hall–Kier alpha value is -1.06. The van der Waals surface area contributed by atoms with Gasteiger partial charge in [0.25, 0.3) is 0 Å². The van der Waals surface area contributed by atoms with Gasteiger partial charge in [0.2, 0.25) is 0 Å². The first-order valence-electron chi connectivity index (χ1n) is 7.06. The lowest BCUT2D eigenvalue weighted by atomic mass is 9.99. The minimum atomic E-state index is 0.657. The zero-order valence-electron chi connectivity index (χ0n) is 11.4.